The highest BCUT2D eigenvalue weighted by Gasteiger charge is 2.32. The topological polar surface area (TPSA) is 109 Å². The second-order valence-corrected chi connectivity index (χ2v) is 11.1. The zero-order valence-corrected chi connectivity index (χ0v) is 20.3. The summed E-state index contributed by atoms with van der Waals surface area (Å²) in [7, 11) is -3.73. The summed E-state index contributed by atoms with van der Waals surface area (Å²) in [5.74, 6) is -0.496. The molecular weight excluding hydrogens is 486 g/mol. The first-order valence-electron chi connectivity index (χ1n) is 10.7. The number of thiophene rings is 1. The predicted octanol–water partition coefficient (Wildman–Crippen LogP) is 4.88. The second-order valence-electron chi connectivity index (χ2n) is 8.06. The number of sulfonamides is 1. The number of nitrogens with one attached hydrogen (secondary N) is 2. The summed E-state index contributed by atoms with van der Waals surface area (Å²) in [4.78, 5) is 25.3. The minimum atomic E-state index is -3.73. The SMILES string of the molecule is C=CC(=O)Nc1cc2c(s1)CN(S(=O)(=O)c1ccc(NC(=O)c3oc4ccccc4c3C)cc1)C2. The molecule has 0 bridgehead atoms. The molecule has 2 amide bonds. The zero-order valence-electron chi connectivity index (χ0n) is 18.7. The summed E-state index contributed by atoms with van der Waals surface area (Å²) in [5, 5.41) is 7.00. The maximum Gasteiger partial charge on any atom is 0.291 e. The summed E-state index contributed by atoms with van der Waals surface area (Å²) in [6, 6.07) is 15.2. The van der Waals surface area contributed by atoms with Crippen molar-refractivity contribution in [3.8, 4) is 0 Å². The number of fused-ring (bicyclic) bond motifs is 2. The number of anilines is 2. The van der Waals surface area contributed by atoms with Crippen LogP contribution >= 0.6 is 11.3 Å². The maximum atomic E-state index is 13.2. The van der Waals surface area contributed by atoms with Crippen molar-refractivity contribution in [3.05, 3.63) is 89.0 Å². The molecule has 1 aliphatic heterocycles. The third-order valence-electron chi connectivity index (χ3n) is 5.79. The second kappa shape index (κ2) is 8.81. The van der Waals surface area contributed by atoms with E-state index in [0.29, 0.717) is 16.3 Å². The molecule has 10 heteroatoms. The molecule has 2 N–H and O–H groups in total. The van der Waals surface area contributed by atoms with E-state index in [4.69, 9.17) is 4.42 Å². The van der Waals surface area contributed by atoms with E-state index in [1.807, 2.05) is 25.1 Å². The normalized spacial score (nSPS) is 13.5. The highest BCUT2D eigenvalue weighted by Crippen LogP contribution is 2.37. The van der Waals surface area contributed by atoms with E-state index in [-0.39, 0.29) is 29.7 Å². The van der Waals surface area contributed by atoms with Crippen molar-refractivity contribution in [2.45, 2.75) is 24.9 Å². The monoisotopic (exact) mass is 507 g/mol. The third kappa shape index (κ3) is 4.27. The molecule has 5 rings (SSSR count). The molecule has 35 heavy (non-hydrogen) atoms. The van der Waals surface area contributed by atoms with Crippen molar-refractivity contribution in [1.82, 2.24) is 4.31 Å². The van der Waals surface area contributed by atoms with Gasteiger partial charge >= 0.3 is 0 Å². The number of aryl methyl sites for hydroxylation is 1. The Balaban J connectivity index is 1.28. The number of furan rings is 1. The van der Waals surface area contributed by atoms with Crippen molar-refractivity contribution >= 4 is 54.8 Å². The van der Waals surface area contributed by atoms with E-state index >= 15 is 0 Å². The largest absolute Gasteiger partial charge is 0.451 e. The van der Waals surface area contributed by atoms with Crippen LogP contribution in [0.4, 0.5) is 10.7 Å². The first-order chi connectivity index (χ1) is 16.8. The number of carbonyl (C=O) groups is 2. The van der Waals surface area contributed by atoms with E-state index in [9.17, 15) is 18.0 Å². The number of benzene rings is 2. The van der Waals surface area contributed by atoms with Crippen molar-refractivity contribution in [2.24, 2.45) is 0 Å². The molecule has 178 valence electrons. The highest BCUT2D eigenvalue weighted by atomic mass is 32.2. The fourth-order valence-corrected chi connectivity index (χ4v) is 6.54. The average molecular weight is 508 g/mol. The quantitative estimate of drug-likeness (QED) is 0.362. The molecule has 0 saturated carbocycles. The Morgan fingerprint density at radius 2 is 1.83 bits per heavy atom. The highest BCUT2D eigenvalue weighted by molar-refractivity contribution is 7.89. The number of hydrogen-bond acceptors (Lipinski definition) is 6. The van der Waals surface area contributed by atoms with Gasteiger partial charge in [-0.3, -0.25) is 9.59 Å². The van der Waals surface area contributed by atoms with Crippen LogP contribution < -0.4 is 10.6 Å². The van der Waals surface area contributed by atoms with Crippen LogP contribution in [0, 0.1) is 6.92 Å². The van der Waals surface area contributed by atoms with E-state index in [1.54, 1.807) is 24.3 Å². The van der Waals surface area contributed by atoms with Crippen LogP contribution in [0.2, 0.25) is 0 Å². The Hall–Kier alpha value is -3.73. The van der Waals surface area contributed by atoms with Gasteiger partial charge < -0.3 is 15.1 Å². The van der Waals surface area contributed by atoms with Crippen molar-refractivity contribution < 1.29 is 22.4 Å². The van der Waals surface area contributed by atoms with Crippen molar-refractivity contribution in [3.63, 3.8) is 0 Å². The molecule has 0 atom stereocenters. The lowest BCUT2D eigenvalue weighted by molar-refractivity contribution is -0.111. The lowest BCUT2D eigenvalue weighted by Crippen LogP contribution is -2.25. The molecule has 2 aromatic carbocycles. The summed E-state index contributed by atoms with van der Waals surface area (Å²) >= 11 is 1.35. The number of para-hydroxylation sites is 1. The molecular formula is C25H21N3O5S2. The van der Waals surface area contributed by atoms with Crippen LogP contribution in [0.3, 0.4) is 0 Å². The lowest BCUT2D eigenvalue weighted by atomic mass is 10.1. The van der Waals surface area contributed by atoms with Crippen molar-refractivity contribution in [2.75, 3.05) is 10.6 Å². The van der Waals surface area contributed by atoms with Crippen LogP contribution in [0.1, 0.15) is 26.6 Å². The summed E-state index contributed by atoms with van der Waals surface area (Å²) in [6.45, 7) is 5.70. The molecule has 2 aromatic heterocycles. The molecule has 8 nitrogen and oxygen atoms in total. The first kappa shape index (κ1) is 23.0. The molecule has 0 saturated heterocycles. The standard InChI is InChI=1S/C25H21N3O5S2/c1-3-22(29)27-23-12-16-13-28(14-21(16)34-23)35(31,32)18-10-8-17(9-11-18)26-25(30)24-15(2)19-6-4-5-7-20(19)33-24/h3-12H,1,13-14H2,2H3,(H,26,30)(H,27,29). The summed E-state index contributed by atoms with van der Waals surface area (Å²) < 4.78 is 33.4. The van der Waals surface area contributed by atoms with Crippen molar-refractivity contribution in [1.29, 1.82) is 0 Å². The summed E-state index contributed by atoms with van der Waals surface area (Å²) in [5.41, 5.74) is 2.69. The smallest absolute Gasteiger partial charge is 0.291 e. The maximum absolute atomic E-state index is 13.2. The first-order valence-corrected chi connectivity index (χ1v) is 13.0. The number of rotatable bonds is 6. The Labute approximate surface area is 205 Å². The van der Waals surface area contributed by atoms with Crippen LogP contribution in [-0.2, 0) is 27.9 Å². The van der Waals surface area contributed by atoms with Gasteiger partial charge in [0.15, 0.2) is 5.76 Å². The van der Waals surface area contributed by atoms with Crippen LogP contribution in [0.15, 0.2) is 76.6 Å². The van der Waals surface area contributed by atoms with E-state index in [1.165, 1.54) is 33.9 Å². The van der Waals surface area contributed by atoms with Gasteiger partial charge in [-0.05, 0) is 55.0 Å². The molecule has 0 aliphatic carbocycles. The Morgan fingerprint density at radius 1 is 1.09 bits per heavy atom. The summed E-state index contributed by atoms with van der Waals surface area (Å²) in [6.07, 6.45) is 1.19. The molecule has 4 aromatic rings. The van der Waals surface area contributed by atoms with Crippen LogP contribution in [-0.4, -0.2) is 24.5 Å². The van der Waals surface area contributed by atoms with Gasteiger partial charge in [0.1, 0.15) is 5.58 Å². The van der Waals surface area contributed by atoms with E-state index < -0.39 is 15.9 Å². The van der Waals surface area contributed by atoms with Crippen LogP contribution in [0.25, 0.3) is 11.0 Å². The average Bonchev–Trinajstić information content (AvgIpc) is 3.51. The Morgan fingerprint density at radius 3 is 2.51 bits per heavy atom. The van der Waals surface area contributed by atoms with Gasteiger partial charge in [-0.15, -0.1) is 11.3 Å². The van der Waals surface area contributed by atoms with Gasteiger partial charge in [0.05, 0.1) is 9.90 Å². The third-order valence-corrected chi connectivity index (χ3v) is 8.68. The zero-order chi connectivity index (χ0) is 24.7. The molecule has 0 fully saturated rings. The number of carbonyl (C=O) groups excluding carboxylic acids is 2. The van der Waals surface area contributed by atoms with Gasteiger partial charge in [-0.2, -0.15) is 4.31 Å². The van der Waals surface area contributed by atoms with Gasteiger partial charge in [0.2, 0.25) is 15.9 Å². The van der Waals surface area contributed by atoms with Gasteiger partial charge in [0.25, 0.3) is 5.91 Å². The fourth-order valence-electron chi connectivity index (χ4n) is 3.98. The predicted molar refractivity (Wildman–Crippen MR) is 135 cm³/mol. The Kier molecular flexibility index (Phi) is 5.79. The van der Waals surface area contributed by atoms with Gasteiger partial charge in [-0.1, -0.05) is 24.8 Å². The number of amides is 2. The van der Waals surface area contributed by atoms with E-state index in [2.05, 4.69) is 17.2 Å². The Bertz CT molecular complexity index is 1560. The minimum absolute atomic E-state index is 0.130. The minimum Gasteiger partial charge on any atom is -0.451 e. The molecule has 0 radical (unpaired) electrons. The van der Waals surface area contributed by atoms with E-state index in [0.717, 1.165) is 21.4 Å². The fraction of sp³-hybridized carbons (Fsp3) is 0.120. The van der Waals surface area contributed by atoms with Gasteiger partial charge in [-0.25, -0.2) is 8.42 Å². The number of hydrogen-bond donors (Lipinski definition) is 2. The molecule has 3 heterocycles. The molecule has 1 aliphatic rings. The molecule has 0 spiro atoms. The molecule has 0 unspecified atom stereocenters. The number of nitrogens with zero attached hydrogens (tertiary/aromatic N) is 1. The lowest BCUT2D eigenvalue weighted by Gasteiger charge is -2.16. The van der Waals surface area contributed by atoms with Crippen LogP contribution in [0.5, 0.6) is 0 Å². The van der Waals surface area contributed by atoms with Gasteiger partial charge in [0, 0.05) is 34.6 Å².